The Morgan fingerprint density at radius 3 is 2.52 bits per heavy atom. The highest BCUT2D eigenvalue weighted by Gasteiger charge is 2.39. The van der Waals surface area contributed by atoms with Gasteiger partial charge in [-0.2, -0.15) is 0 Å². The molecule has 0 bridgehead atoms. The fraction of sp³-hybridized carbons (Fsp3) is 0.571. The fourth-order valence-corrected chi connectivity index (χ4v) is 4.58. The molecule has 0 aromatic heterocycles. The summed E-state index contributed by atoms with van der Waals surface area (Å²) in [7, 11) is 0. The first-order valence-electron chi connectivity index (χ1n) is 10.3. The number of ether oxygens (including phenoxy) is 1. The highest BCUT2D eigenvalue weighted by molar-refractivity contribution is 5.98. The molecule has 0 spiro atoms. The van der Waals surface area contributed by atoms with Crippen LogP contribution in [0.15, 0.2) is 24.3 Å². The van der Waals surface area contributed by atoms with Crippen molar-refractivity contribution in [2.45, 2.75) is 37.8 Å². The van der Waals surface area contributed by atoms with Crippen LogP contribution in [0.4, 0.5) is 4.39 Å². The Bertz CT molecular complexity index is 794. The number of benzene rings is 1. The summed E-state index contributed by atoms with van der Waals surface area (Å²) in [5, 5.41) is 0. The van der Waals surface area contributed by atoms with Crippen LogP contribution >= 0.6 is 0 Å². The van der Waals surface area contributed by atoms with Crippen molar-refractivity contribution in [2.24, 2.45) is 0 Å². The van der Waals surface area contributed by atoms with Crippen LogP contribution in [0.2, 0.25) is 0 Å². The second-order valence-electron chi connectivity index (χ2n) is 7.83. The van der Waals surface area contributed by atoms with Crippen molar-refractivity contribution in [2.75, 3.05) is 39.4 Å². The van der Waals surface area contributed by atoms with E-state index in [0.29, 0.717) is 39.2 Å². The zero-order valence-corrected chi connectivity index (χ0v) is 16.4. The Morgan fingerprint density at radius 2 is 1.79 bits per heavy atom. The zero-order valence-electron chi connectivity index (χ0n) is 16.4. The van der Waals surface area contributed by atoms with Gasteiger partial charge in [-0.05, 0) is 37.8 Å². The molecular weight excluding hydrogens is 377 g/mol. The van der Waals surface area contributed by atoms with Crippen LogP contribution in [0.5, 0.6) is 0 Å². The maximum atomic E-state index is 14.0. The summed E-state index contributed by atoms with van der Waals surface area (Å²) < 4.78 is 19.2. The van der Waals surface area contributed by atoms with Crippen molar-refractivity contribution in [3.8, 4) is 0 Å². The number of rotatable bonds is 3. The molecule has 1 aromatic rings. The summed E-state index contributed by atoms with van der Waals surface area (Å²) in [6, 6.07) is 5.49. The molecule has 3 saturated heterocycles. The van der Waals surface area contributed by atoms with Crippen LogP contribution in [-0.2, 0) is 14.3 Å². The van der Waals surface area contributed by atoms with E-state index in [9.17, 15) is 18.8 Å². The number of piperidine rings is 1. The molecule has 3 amide bonds. The van der Waals surface area contributed by atoms with E-state index >= 15 is 0 Å². The quantitative estimate of drug-likeness (QED) is 0.763. The van der Waals surface area contributed by atoms with Crippen molar-refractivity contribution < 1.29 is 23.5 Å². The number of hydrogen-bond acceptors (Lipinski definition) is 4. The van der Waals surface area contributed by atoms with Crippen LogP contribution in [-0.4, -0.2) is 83.9 Å². The molecule has 3 heterocycles. The zero-order chi connectivity index (χ0) is 20.4. The van der Waals surface area contributed by atoms with Crippen molar-refractivity contribution >= 4 is 17.7 Å². The minimum atomic E-state index is -0.563. The Hall–Kier alpha value is -2.48. The molecule has 3 aliphatic rings. The van der Waals surface area contributed by atoms with Crippen molar-refractivity contribution in [1.82, 2.24) is 14.7 Å². The number of halogens is 1. The number of carbonyl (C=O) groups excluding carboxylic acids is 3. The van der Waals surface area contributed by atoms with Crippen LogP contribution in [0.25, 0.3) is 0 Å². The third-order valence-corrected chi connectivity index (χ3v) is 6.14. The van der Waals surface area contributed by atoms with E-state index in [0.717, 1.165) is 19.3 Å². The Labute approximate surface area is 169 Å². The Balaban J connectivity index is 1.38. The molecule has 8 heteroatoms. The van der Waals surface area contributed by atoms with Crippen molar-refractivity contribution in [1.29, 1.82) is 0 Å². The number of carbonyl (C=O) groups is 3. The first-order valence-corrected chi connectivity index (χ1v) is 10.3. The van der Waals surface area contributed by atoms with Gasteiger partial charge in [0.2, 0.25) is 11.8 Å². The van der Waals surface area contributed by atoms with Gasteiger partial charge in [0.05, 0.1) is 12.2 Å². The number of hydrogen-bond donors (Lipinski definition) is 0. The van der Waals surface area contributed by atoms with Crippen LogP contribution in [0.3, 0.4) is 0 Å². The number of likely N-dealkylation sites (tertiary alicyclic amines) is 2. The van der Waals surface area contributed by atoms with Gasteiger partial charge in [-0.1, -0.05) is 12.1 Å². The van der Waals surface area contributed by atoms with E-state index in [4.69, 9.17) is 4.74 Å². The smallest absolute Gasteiger partial charge is 0.257 e. The SMILES string of the molecule is O=C(C1CCCN1C(=O)c1ccccc1F)N1CCC(N2CCOCC2=O)CC1. The highest BCUT2D eigenvalue weighted by atomic mass is 19.1. The van der Waals surface area contributed by atoms with Gasteiger partial charge in [-0.3, -0.25) is 14.4 Å². The molecule has 3 aliphatic heterocycles. The topological polar surface area (TPSA) is 70.2 Å². The number of nitrogens with zero attached hydrogens (tertiary/aromatic N) is 3. The molecule has 156 valence electrons. The van der Waals surface area contributed by atoms with Crippen LogP contribution in [0, 0.1) is 5.82 Å². The lowest BCUT2D eigenvalue weighted by atomic mass is 10.0. The first-order chi connectivity index (χ1) is 14.1. The Kier molecular flexibility index (Phi) is 5.80. The third kappa shape index (κ3) is 3.99. The summed E-state index contributed by atoms with van der Waals surface area (Å²) >= 11 is 0. The predicted octanol–water partition coefficient (Wildman–Crippen LogP) is 1.28. The molecule has 3 fully saturated rings. The second kappa shape index (κ2) is 8.49. The third-order valence-electron chi connectivity index (χ3n) is 6.14. The standard InChI is InChI=1S/C21H26FN3O4/c22-17-5-2-1-4-16(17)20(27)25-9-3-6-18(25)21(28)23-10-7-15(8-11-23)24-12-13-29-14-19(24)26/h1-2,4-5,15,18H,3,6-14H2. The molecule has 29 heavy (non-hydrogen) atoms. The average molecular weight is 403 g/mol. The van der Waals surface area contributed by atoms with Gasteiger partial charge >= 0.3 is 0 Å². The molecule has 0 radical (unpaired) electrons. The average Bonchev–Trinajstić information content (AvgIpc) is 3.23. The lowest BCUT2D eigenvalue weighted by Crippen LogP contribution is -2.55. The predicted molar refractivity (Wildman–Crippen MR) is 103 cm³/mol. The molecule has 1 unspecified atom stereocenters. The van der Waals surface area contributed by atoms with Crippen molar-refractivity contribution in [3.63, 3.8) is 0 Å². The summed E-state index contributed by atoms with van der Waals surface area (Å²) in [5.41, 5.74) is 0.0109. The van der Waals surface area contributed by atoms with Gasteiger partial charge in [0.25, 0.3) is 5.91 Å². The molecule has 4 rings (SSSR count). The largest absolute Gasteiger partial charge is 0.370 e. The van der Waals surface area contributed by atoms with Gasteiger partial charge in [-0.15, -0.1) is 0 Å². The van der Waals surface area contributed by atoms with Crippen LogP contribution < -0.4 is 0 Å². The molecule has 1 atom stereocenters. The van der Waals surface area contributed by atoms with E-state index in [-0.39, 0.29) is 30.0 Å². The monoisotopic (exact) mass is 403 g/mol. The van der Waals surface area contributed by atoms with Gasteiger partial charge < -0.3 is 19.4 Å². The maximum absolute atomic E-state index is 14.0. The maximum Gasteiger partial charge on any atom is 0.257 e. The molecule has 0 N–H and O–H groups in total. The molecule has 7 nitrogen and oxygen atoms in total. The first kappa shape index (κ1) is 19.8. The van der Waals surface area contributed by atoms with E-state index in [1.54, 1.807) is 17.0 Å². The van der Waals surface area contributed by atoms with Gasteiger partial charge in [0.1, 0.15) is 18.5 Å². The van der Waals surface area contributed by atoms with Crippen molar-refractivity contribution in [3.05, 3.63) is 35.6 Å². The molecule has 0 aliphatic carbocycles. The highest BCUT2D eigenvalue weighted by Crippen LogP contribution is 2.25. The molecule has 1 aromatic carbocycles. The molecule has 0 saturated carbocycles. The van der Waals surface area contributed by atoms with Gasteiger partial charge in [0.15, 0.2) is 0 Å². The lowest BCUT2D eigenvalue weighted by molar-refractivity contribution is -0.148. The summed E-state index contributed by atoms with van der Waals surface area (Å²) in [4.78, 5) is 43.2. The minimum Gasteiger partial charge on any atom is -0.370 e. The van der Waals surface area contributed by atoms with Gasteiger partial charge in [-0.25, -0.2) is 4.39 Å². The minimum absolute atomic E-state index is 0.0109. The molecular formula is C21H26FN3O4. The second-order valence-corrected chi connectivity index (χ2v) is 7.83. The summed E-state index contributed by atoms with van der Waals surface area (Å²) in [5.74, 6) is -1.04. The van der Waals surface area contributed by atoms with E-state index in [1.165, 1.54) is 17.0 Å². The van der Waals surface area contributed by atoms with Crippen LogP contribution in [0.1, 0.15) is 36.0 Å². The van der Waals surface area contributed by atoms with E-state index in [2.05, 4.69) is 0 Å². The normalized spacial score (nSPS) is 23.6. The van der Waals surface area contributed by atoms with E-state index < -0.39 is 17.8 Å². The summed E-state index contributed by atoms with van der Waals surface area (Å²) in [6.07, 6.45) is 2.78. The number of morpholine rings is 1. The van der Waals surface area contributed by atoms with Gasteiger partial charge in [0, 0.05) is 32.2 Å². The lowest BCUT2D eigenvalue weighted by Gasteiger charge is -2.41. The number of amides is 3. The van der Waals surface area contributed by atoms with E-state index in [1.807, 2.05) is 4.90 Å². The Morgan fingerprint density at radius 1 is 1.03 bits per heavy atom. The summed E-state index contributed by atoms with van der Waals surface area (Å²) in [6.45, 7) is 2.88. The fourth-order valence-electron chi connectivity index (χ4n) is 4.58.